The molecule has 0 saturated carbocycles. The van der Waals surface area contributed by atoms with E-state index >= 15 is 0 Å². The van der Waals surface area contributed by atoms with Crippen molar-refractivity contribution in [3.05, 3.63) is 48.3 Å². The van der Waals surface area contributed by atoms with Crippen LogP contribution in [0.4, 0.5) is 0 Å². The predicted octanol–water partition coefficient (Wildman–Crippen LogP) is 4.22. The SMILES string of the molecule is CC1(C)Oc2ccccc2[C@H]2OCC3(CCN(C(=O)CCCn4cccn4)CC3)C[C@@H]21. The molecule has 2 saturated heterocycles. The quantitative estimate of drug-likeness (QED) is 0.739. The minimum absolute atomic E-state index is 0.104. The van der Waals surface area contributed by atoms with Crippen molar-refractivity contribution in [3.63, 3.8) is 0 Å². The Kier molecular flexibility index (Phi) is 5.29. The standard InChI is InChI=1S/C25H33N3O3/c1-24(2)20-17-25(18-30-23(20)19-7-3-4-8-21(19)31-24)10-15-27(16-11-25)22(29)9-5-13-28-14-6-12-26-28/h3-4,6-8,12,14,20,23H,5,9-11,13,15-18H2,1-2H3/t20-,23+/m0/s1. The summed E-state index contributed by atoms with van der Waals surface area (Å²) in [5.74, 6) is 1.56. The maximum Gasteiger partial charge on any atom is 0.222 e. The van der Waals surface area contributed by atoms with E-state index in [0.717, 1.165) is 57.7 Å². The van der Waals surface area contributed by atoms with Gasteiger partial charge in [0.05, 0.1) is 12.7 Å². The summed E-state index contributed by atoms with van der Waals surface area (Å²) in [5.41, 5.74) is 1.08. The van der Waals surface area contributed by atoms with Gasteiger partial charge in [0.1, 0.15) is 11.4 Å². The van der Waals surface area contributed by atoms with Crippen molar-refractivity contribution >= 4 is 5.91 Å². The number of rotatable bonds is 4. The largest absolute Gasteiger partial charge is 0.487 e. The number of aryl methyl sites for hydroxylation is 1. The number of aromatic nitrogens is 2. The molecule has 6 nitrogen and oxygen atoms in total. The molecule has 0 N–H and O–H groups in total. The third-order valence-corrected chi connectivity index (χ3v) is 7.59. The lowest BCUT2D eigenvalue weighted by atomic mass is 9.64. The second-order valence-electron chi connectivity index (χ2n) is 10.0. The second kappa shape index (κ2) is 7.97. The lowest BCUT2D eigenvalue weighted by molar-refractivity contribution is -0.176. The average molecular weight is 424 g/mol. The molecule has 4 heterocycles. The Balaban J connectivity index is 1.19. The Morgan fingerprint density at radius 3 is 2.77 bits per heavy atom. The summed E-state index contributed by atoms with van der Waals surface area (Å²) in [6, 6.07) is 10.2. The van der Waals surface area contributed by atoms with Crippen LogP contribution in [0.5, 0.6) is 5.75 Å². The van der Waals surface area contributed by atoms with E-state index in [9.17, 15) is 4.79 Å². The predicted molar refractivity (Wildman–Crippen MR) is 118 cm³/mol. The van der Waals surface area contributed by atoms with E-state index < -0.39 is 0 Å². The fourth-order valence-corrected chi connectivity index (χ4v) is 5.66. The fraction of sp³-hybridized carbons (Fsp3) is 0.600. The van der Waals surface area contributed by atoms with Gasteiger partial charge in [0.15, 0.2) is 0 Å². The van der Waals surface area contributed by atoms with Gasteiger partial charge in [0.2, 0.25) is 5.91 Å². The van der Waals surface area contributed by atoms with Gasteiger partial charge in [-0.15, -0.1) is 0 Å². The van der Waals surface area contributed by atoms with E-state index in [-0.39, 0.29) is 23.0 Å². The summed E-state index contributed by atoms with van der Waals surface area (Å²) >= 11 is 0. The number of likely N-dealkylation sites (tertiary alicyclic amines) is 1. The van der Waals surface area contributed by atoms with Gasteiger partial charge in [-0.3, -0.25) is 9.48 Å². The molecule has 3 aliphatic rings. The smallest absolute Gasteiger partial charge is 0.222 e. The Morgan fingerprint density at radius 2 is 2.00 bits per heavy atom. The molecule has 5 rings (SSSR count). The lowest BCUT2D eigenvalue weighted by Crippen LogP contribution is -2.54. The summed E-state index contributed by atoms with van der Waals surface area (Å²) in [5, 5.41) is 4.21. The molecule has 2 aromatic rings. The molecule has 0 aliphatic carbocycles. The normalized spacial score (nSPS) is 26.1. The van der Waals surface area contributed by atoms with Crippen molar-refractivity contribution < 1.29 is 14.3 Å². The van der Waals surface area contributed by atoms with Crippen LogP contribution in [0.1, 0.15) is 57.6 Å². The summed E-state index contributed by atoms with van der Waals surface area (Å²) in [6.45, 7) is 7.63. The number of para-hydroxylation sites is 1. The molecular formula is C25H33N3O3. The first-order valence-electron chi connectivity index (χ1n) is 11.6. The average Bonchev–Trinajstić information content (AvgIpc) is 3.28. The van der Waals surface area contributed by atoms with E-state index in [0.29, 0.717) is 12.3 Å². The van der Waals surface area contributed by atoms with Gasteiger partial charge in [-0.05, 0) is 57.1 Å². The maximum absolute atomic E-state index is 12.7. The van der Waals surface area contributed by atoms with Gasteiger partial charge in [-0.1, -0.05) is 18.2 Å². The van der Waals surface area contributed by atoms with Crippen LogP contribution < -0.4 is 4.74 Å². The summed E-state index contributed by atoms with van der Waals surface area (Å²) in [7, 11) is 0. The number of carbonyl (C=O) groups excluding carboxylic acids is 1. The van der Waals surface area contributed by atoms with Gasteiger partial charge in [0, 0.05) is 49.9 Å². The first-order chi connectivity index (χ1) is 15.0. The van der Waals surface area contributed by atoms with Gasteiger partial charge < -0.3 is 14.4 Å². The second-order valence-corrected chi connectivity index (χ2v) is 10.0. The van der Waals surface area contributed by atoms with Crippen LogP contribution in [0.25, 0.3) is 0 Å². The van der Waals surface area contributed by atoms with E-state index in [2.05, 4.69) is 42.0 Å². The molecule has 0 bridgehead atoms. The number of ether oxygens (including phenoxy) is 2. The highest BCUT2D eigenvalue weighted by Gasteiger charge is 2.52. The Morgan fingerprint density at radius 1 is 1.19 bits per heavy atom. The van der Waals surface area contributed by atoms with Crippen LogP contribution in [0.2, 0.25) is 0 Å². The van der Waals surface area contributed by atoms with Crippen LogP contribution >= 0.6 is 0 Å². The molecule has 1 amide bonds. The summed E-state index contributed by atoms with van der Waals surface area (Å²) < 4.78 is 14.8. The molecule has 1 aromatic carbocycles. The molecule has 1 spiro atoms. The van der Waals surface area contributed by atoms with Crippen molar-refractivity contribution in [1.82, 2.24) is 14.7 Å². The van der Waals surface area contributed by atoms with E-state index in [4.69, 9.17) is 9.47 Å². The van der Waals surface area contributed by atoms with Gasteiger partial charge in [0.25, 0.3) is 0 Å². The molecule has 0 unspecified atom stereocenters. The summed E-state index contributed by atoms with van der Waals surface area (Å²) in [4.78, 5) is 14.8. The van der Waals surface area contributed by atoms with Crippen molar-refractivity contribution in [2.24, 2.45) is 11.3 Å². The molecule has 2 fully saturated rings. The first-order valence-corrected chi connectivity index (χ1v) is 11.6. The van der Waals surface area contributed by atoms with Crippen molar-refractivity contribution in [1.29, 1.82) is 0 Å². The zero-order valence-corrected chi connectivity index (χ0v) is 18.6. The lowest BCUT2D eigenvalue weighted by Gasteiger charge is -2.54. The zero-order valence-electron chi connectivity index (χ0n) is 18.6. The minimum atomic E-state index is -0.258. The minimum Gasteiger partial charge on any atom is -0.487 e. The topological polar surface area (TPSA) is 56.6 Å². The van der Waals surface area contributed by atoms with Crippen LogP contribution in [0, 0.1) is 11.3 Å². The highest BCUT2D eigenvalue weighted by Crippen LogP contribution is 2.55. The van der Waals surface area contributed by atoms with Crippen molar-refractivity contribution in [2.45, 2.75) is 64.2 Å². The fourth-order valence-electron chi connectivity index (χ4n) is 5.66. The maximum atomic E-state index is 12.7. The summed E-state index contributed by atoms with van der Waals surface area (Å²) in [6.07, 6.45) is 8.37. The number of fused-ring (bicyclic) bond motifs is 3. The molecule has 166 valence electrons. The molecule has 3 aliphatic heterocycles. The molecule has 31 heavy (non-hydrogen) atoms. The van der Waals surface area contributed by atoms with Crippen LogP contribution in [-0.2, 0) is 16.1 Å². The van der Waals surface area contributed by atoms with E-state index in [1.807, 2.05) is 23.0 Å². The molecular weight excluding hydrogens is 390 g/mol. The van der Waals surface area contributed by atoms with Crippen molar-refractivity contribution in [2.75, 3.05) is 19.7 Å². The third kappa shape index (κ3) is 3.98. The Bertz CT molecular complexity index is 916. The van der Waals surface area contributed by atoms with Gasteiger partial charge in [-0.25, -0.2) is 0 Å². The van der Waals surface area contributed by atoms with E-state index in [1.165, 1.54) is 5.56 Å². The number of benzene rings is 1. The number of amides is 1. The number of hydrogen-bond acceptors (Lipinski definition) is 4. The van der Waals surface area contributed by atoms with Crippen molar-refractivity contribution in [3.8, 4) is 5.75 Å². The number of hydrogen-bond donors (Lipinski definition) is 0. The van der Waals surface area contributed by atoms with Crippen LogP contribution in [-0.4, -0.2) is 45.9 Å². The van der Waals surface area contributed by atoms with E-state index in [1.54, 1.807) is 6.20 Å². The first kappa shape index (κ1) is 20.6. The molecule has 0 radical (unpaired) electrons. The zero-order chi connectivity index (χ0) is 21.5. The molecule has 1 aromatic heterocycles. The highest BCUT2D eigenvalue weighted by molar-refractivity contribution is 5.76. The monoisotopic (exact) mass is 423 g/mol. The third-order valence-electron chi connectivity index (χ3n) is 7.59. The highest BCUT2D eigenvalue weighted by atomic mass is 16.5. The Labute approximate surface area is 184 Å². The van der Waals surface area contributed by atoms with Crippen LogP contribution in [0.3, 0.4) is 0 Å². The Hall–Kier alpha value is -2.34. The van der Waals surface area contributed by atoms with Gasteiger partial charge >= 0.3 is 0 Å². The van der Waals surface area contributed by atoms with Gasteiger partial charge in [-0.2, -0.15) is 5.10 Å². The number of piperidine rings is 1. The van der Waals surface area contributed by atoms with Crippen LogP contribution in [0.15, 0.2) is 42.7 Å². The number of carbonyl (C=O) groups is 1. The molecule has 2 atom stereocenters. The molecule has 6 heteroatoms. The number of nitrogens with zero attached hydrogens (tertiary/aromatic N) is 3.